The molecule has 1 saturated heterocycles. The lowest BCUT2D eigenvalue weighted by molar-refractivity contribution is -0.147. The number of hydrogen-bond donors (Lipinski definition) is 3. The highest BCUT2D eigenvalue weighted by molar-refractivity contribution is 6.30. The summed E-state index contributed by atoms with van der Waals surface area (Å²) in [6.07, 6.45) is 1.42. The average molecular weight is 570 g/mol. The molecule has 0 aliphatic carbocycles. The van der Waals surface area contributed by atoms with Crippen LogP contribution in [0.15, 0.2) is 66.7 Å². The second-order valence-corrected chi connectivity index (χ2v) is 12.1. The number of aliphatic carboxylic acids is 1. The quantitative estimate of drug-likeness (QED) is 0.267. The lowest BCUT2D eigenvalue weighted by atomic mass is 9.68. The van der Waals surface area contributed by atoms with Gasteiger partial charge in [-0.05, 0) is 80.6 Å². The van der Waals surface area contributed by atoms with E-state index in [-0.39, 0.29) is 30.2 Å². The molecular weight excluding hydrogens is 535 g/mol. The molecule has 0 radical (unpaired) electrons. The lowest BCUT2D eigenvalue weighted by Crippen LogP contribution is -2.54. The molecule has 4 rings (SSSR count). The summed E-state index contributed by atoms with van der Waals surface area (Å²) in [5.74, 6) is -1.49. The van der Waals surface area contributed by atoms with Crippen LogP contribution in [0.1, 0.15) is 80.8 Å². The van der Waals surface area contributed by atoms with Gasteiger partial charge in [-0.1, -0.05) is 60.5 Å². The van der Waals surface area contributed by atoms with Crippen molar-refractivity contribution >= 4 is 35.1 Å². The van der Waals surface area contributed by atoms with Crippen molar-refractivity contribution in [2.45, 2.75) is 69.9 Å². The van der Waals surface area contributed by atoms with Gasteiger partial charge in [0.15, 0.2) is 0 Å². The van der Waals surface area contributed by atoms with Crippen molar-refractivity contribution in [2.24, 2.45) is 5.41 Å². The van der Waals surface area contributed by atoms with E-state index in [4.69, 9.17) is 28.2 Å². The summed E-state index contributed by atoms with van der Waals surface area (Å²) in [4.78, 5) is 29.7. The molecule has 1 fully saturated rings. The number of nitrogens with one attached hydrogen (secondary N) is 1. The number of pyridine rings is 1. The first-order chi connectivity index (χ1) is 18.4. The smallest absolute Gasteiger partial charge is 0.304 e. The third-order valence-corrected chi connectivity index (χ3v) is 8.12. The van der Waals surface area contributed by atoms with Gasteiger partial charge in [0.05, 0.1) is 17.5 Å². The highest BCUT2D eigenvalue weighted by Gasteiger charge is 2.45. The maximum Gasteiger partial charge on any atom is 0.304 e. The van der Waals surface area contributed by atoms with Gasteiger partial charge in [0.2, 0.25) is 5.91 Å². The summed E-state index contributed by atoms with van der Waals surface area (Å²) in [6, 6.07) is 20.6. The molecule has 1 aliphatic heterocycles. The van der Waals surface area contributed by atoms with Crippen molar-refractivity contribution in [1.29, 1.82) is 0 Å². The fourth-order valence-corrected chi connectivity index (χ4v) is 5.85. The zero-order valence-electron chi connectivity index (χ0n) is 22.3. The van der Waals surface area contributed by atoms with E-state index in [1.54, 1.807) is 26.8 Å². The molecule has 1 aromatic heterocycles. The van der Waals surface area contributed by atoms with E-state index in [0.717, 1.165) is 16.8 Å². The number of nitrogens with zero attached hydrogens (tertiary/aromatic N) is 1. The van der Waals surface area contributed by atoms with E-state index in [9.17, 15) is 19.8 Å². The minimum atomic E-state index is -1.09. The molecule has 1 amide bonds. The zero-order valence-corrected chi connectivity index (χ0v) is 23.8. The van der Waals surface area contributed by atoms with Crippen LogP contribution in [-0.4, -0.2) is 33.1 Å². The van der Waals surface area contributed by atoms with Crippen molar-refractivity contribution in [1.82, 2.24) is 10.3 Å². The van der Waals surface area contributed by atoms with Crippen LogP contribution in [0.2, 0.25) is 10.0 Å². The van der Waals surface area contributed by atoms with E-state index in [1.165, 1.54) is 0 Å². The second-order valence-electron chi connectivity index (χ2n) is 11.3. The Morgan fingerprint density at radius 1 is 1.10 bits per heavy atom. The number of benzene rings is 2. The molecule has 39 heavy (non-hydrogen) atoms. The Kier molecular flexibility index (Phi) is 8.69. The highest BCUT2D eigenvalue weighted by Crippen LogP contribution is 2.43. The number of carboxylic acid groups (broad SMARTS) is 1. The minimum absolute atomic E-state index is 0.117. The van der Waals surface area contributed by atoms with E-state index in [2.05, 4.69) is 5.32 Å². The number of amides is 1. The zero-order chi connectivity index (χ0) is 28.4. The van der Waals surface area contributed by atoms with E-state index in [0.29, 0.717) is 35.0 Å². The molecule has 8 heteroatoms. The normalized spacial score (nSPS) is 22.3. The first-order valence-corrected chi connectivity index (χ1v) is 13.8. The summed E-state index contributed by atoms with van der Waals surface area (Å²) in [5, 5.41) is 24.5. The monoisotopic (exact) mass is 568 g/mol. The maximum absolute atomic E-state index is 13.2. The fourth-order valence-electron chi connectivity index (χ4n) is 5.52. The predicted octanol–water partition coefficient (Wildman–Crippen LogP) is 6.68. The van der Waals surface area contributed by atoms with Crippen molar-refractivity contribution < 1.29 is 19.8 Å². The second kappa shape index (κ2) is 11.7. The topological polar surface area (TPSA) is 99.5 Å². The number of carboxylic acids is 1. The summed E-state index contributed by atoms with van der Waals surface area (Å²) >= 11 is 12.5. The molecule has 3 aromatic rings. The van der Waals surface area contributed by atoms with Crippen LogP contribution in [0.4, 0.5) is 0 Å². The summed E-state index contributed by atoms with van der Waals surface area (Å²) < 4.78 is 0. The van der Waals surface area contributed by atoms with Crippen LogP contribution in [0.3, 0.4) is 0 Å². The van der Waals surface area contributed by atoms with Crippen LogP contribution in [0.5, 0.6) is 0 Å². The van der Waals surface area contributed by atoms with Gasteiger partial charge in [-0.3, -0.25) is 14.6 Å². The molecule has 1 aliphatic rings. The molecule has 2 heterocycles. The Hall–Kier alpha value is -2.93. The highest BCUT2D eigenvalue weighted by atomic mass is 35.5. The van der Waals surface area contributed by atoms with Gasteiger partial charge in [-0.15, -0.1) is 0 Å². The molecule has 0 bridgehead atoms. The van der Waals surface area contributed by atoms with Gasteiger partial charge >= 0.3 is 5.97 Å². The molecule has 2 aromatic carbocycles. The Morgan fingerprint density at radius 2 is 1.79 bits per heavy atom. The summed E-state index contributed by atoms with van der Waals surface area (Å²) in [5.41, 5.74) is 1.25. The van der Waals surface area contributed by atoms with Crippen LogP contribution in [0, 0.1) is 5.41 Å². The van der Waals surface area contributed by atoms with Crippen LogP contribution >= 0.6 is 23.2 Å². The number of halogens is 2. The van der Waals surface area contributed by atoms with Crippen molar-refractivity contribution in [3.8, 4) is 0 Å². The van der Waals surface area contributed by atoms with Crippen molar-refractivity contribution in [3.05, 3.63) is 99.3 Å². The number of rotatable bonds is 9. The molecule has 4 unspecified atom stereocenters. The molecule has 3 N–H and O–H groups in total. The standard InChI is InChI=1S/C31H34Cl2N2O4/c1-30(2,39)27-9-5-8-25(34-27)23(19-10-12-21(32)13-11-19)14-15-26-24(20-6-4-7-22(33)16-20)17-31(3,18-28(36)37)29(38)35-26/h4-13,16,23-24,26,39H,14-15,17-18H2,1-3H3,(H,35,38)(H,36,37). The molecule has 0 saturated carbocycles. The molecular formula is C31H34Cl2N2O4. The van der Waals surface area contributed by atoms with Gasteiger partial charge in [0, 0.05) is 33.6 Å². The molecule has 0 spiro atoms. The number of aromatic nitrogens is 1. The van der Waals surface area contributed by atoms with Gasteiger partial charge in [0.25, 0.3) is 0 Å². The van der Waals surface area contributed by atoms with Gasteiger partial charge < -0.3 is 15.5 Å². The average Bonchev–Trinajstić information content (AvgIpc) is 2.86. The SMILES string of the molecule is CC1(CC(=O)O)CC(c2cccc(Cl)c2)C(CCC(c2ccc(Cl)cc2)c2cccc(C(C)(C)O)n2)NC1=O. The van der Waals surface area contributed by atoms with Crippen molar-refractivity contribution in [3.63, 3.8) is 0 Å². The minimum Gasteiger partial charge on any atom is -0.481 e. The Labute approximate surface area is 239 Å². The number of carbonyl (C=O) groups excluding carboxylic acids is 1. The molecule has 206 valence electrons. The number of carbonyl (C=O) groups is 2. The Morgan fingerprint density at radius 3 is 2.44 bits per heavy atom. The predicted molar refractivity (Wildman–Crippen MR) is 153 cm³/mol. The Balaban J connectivity index is 1.68. The van der Waals surface area contributed by atoms with Crippen LogP contribution in [0.25, 0.3) is 0 Å². The Bertz CT molecular complexity index is 1340. The summed E-state index contributed by atoms with van der Waals surface area (Å²) in [6.45, 7) is 5.13. The van der Waals surface area contributed by atoms with Crippen LogP contribution in [-0.2, 0) is 15.2 Å². The first-order valence-electron chi connectivity index (χ1n) is 13.1. The summed E-state index contributed by atoms with van der Waals surface area (Å²) in [7, 11) is 0. The van der Waals surface area contributed by atoms with Gasteiger partial charge in [-0.25, -0.2) is 0 Å². The molecule has 4 atom stereocenters. The number of aliphatic hydroxyl groups is 1. The largest absolute Gasteiger partial charge is 0.481 e. The first kappa shape index (κ1) is 29.1. The third kappa shape index (κ3) is 6.99. The number of piperidine rings is 1. The maximum atomic E-state index is 13.2. The van der Waals surface area contributed by atoms with Crippen LogP contribution < -0.4 is 5.32 Å². The van der Waals surface area contributed by atoms with E-state index < -0.39 is 17.0 Å². The van der Waals surface area contributed by atoms with Gasteiger partial charge in [-0.2, -0.15) is 0 Å². The van der Waals surface area contributed by atoms with Gasteiger partial charge in [0.1, 0.15) is 5.60 Å². The lowest BCUT2D eigenvalue weighted by Gasteiger charge is -2.42. The van der Waals surface area contributed by atoms with Crippen molar-refractivity contribution in [2.75, 3.05) is 0 Å². The van der Waals surface area contributed by atoms with E-state index in [1.807, 2.05) is 60.7 Å². The molecule has 6 nitrogen and oxygen atoms in total. The third-order valence-electron chi connectivity index (χ3n) is 7.63. The number of hydrogen-bond acceptors (Lipinski definition) is 4. The fraction of sp³-hybridized carbons (Fsp3) is 0.387. The van der Waals surface area contributed by atoms with E-state index >= 15 is 0 Å².